The van der Waals surface area contributed by atoms with Crippen molar-refractivity contribution in [2.45, 2.75) is 19.6 Å². The first kappa shape index (κ1) is 28.2. The molecule has 0 bridgehead atoms. The van der Waals surface area contributed by atoms with Crippen LogP contribution in [0.1, 0.15) is 23.6 Å². The van der Waals surface area contributed by atoms with Crippen molar-refractivity contribution >= 4 is 50.6 Å². The molecule has 1 heterocycles. The first-order chi connectivity index (χ1) is 18.5. The van der Waals surface area contributed by atoms with Crippen LogP contribution >= 0.6 is 27.7 Å². The molecule has 0 unspecified atom stereocenters. The molecule has 1 saturated heterocycles. The van der Waals surface area contributed by atoms with E-state index in [9.17, 15) is 32.9 Å². The summed E-state index contributed by atoms with van der Waals surface area (Å²) in [7, 11) is 0. The zero-order valence-corrected chi connectivity index (χ0v) is 22.4. The minimum absolute atomic E-state index is 0.0141. The molecular weight excluding hydrogens is 605 g/mol. The first-order valence-corrected chi connectivity index (χ1v) is 12.9. The predicted molar refractivity (Wildman–Crippen MR) is 141 cm³/mol. The number of carbonyl (C=O) groups excluding carboxylic acids is 2. The molecule has 0 saturated carbocycles. The monoisotopic (exact) mass is 622 g/mol. The van der Waals surface area contributed by atoms with Crippen LogP contribution < -0.4 is 9.47 Å². The zero-order valence-electron chi connectivity index (χ0n) is 20.0. The van der Waals surface area contributed by atoms with Crippen LogP contribution in [0, 0.1) is 10.1 Å². The molecule has 0 atom stereocenters. The summed E-state index contributed by atoms with van der Waals surface area (Å²) in [4.78, 5) is 37.2. The van der Waals surface area contributed by atoms with Crippen molar-refractivity contribution in [1.82, 2.24) is 4.90 Å². The van der Waals surface area contributed by atoms with Gasteiger partial charge in [0.05, 0.1) is 28.5 Å². The molecule has 202 valence electrons. The van der Waals surface area contributed by atoms with Crippen LogP contribution in [0.2, 0.25) is 0 Å². The van der Waals surface area contributed by atoms with Gasteiger partial charge in [-0.1, -0.05) is 34.1 Å². The van der Waals surface area contributed by atoms with Gasteiger partial charge in [-0.3, -0.25) is 24.6 Å². The second-order valence-corrected chi connectivity index (χ2v) is 9.98. The highest BCUT2D eigenvalue weighted by molar-refractivity contribution is 9.10. The number of halogens is 4. The van der Waals surface area contributed by atoms with E-state index in [2.05, 4.69) is 15.9 Å². The van der Waals surface area contributed by atoms with Crippen LogP contribution in [-0.2, 0) is 17.5 Å². The van der Waals surface area contributed by atoms with E-state index in [0.29, 0.717) is 17.7 Å². The third kappa shape index (κ3) is 6.60. The van der Waals surface area contributed by atoms with Crippen molar-refractivity contribution in [3.63, 3.8) is 0 Å². The van der Waals surface area contributed by atoms with E-state index in [0.717, 1.165) is 32.8 Å². The number of hydrogen-bond donors (Lipinski definition) is 0. The number of nitrogens with zero attached hydrogens (tertiary/aromatic N) is 2. The van der Waals surface area contributed by atoms with Gasteiger partial charge in [-0.15, -0.1) is 0 Å². The molecule has 0 radical (unpaired) electrons. The fraction of sp³-hybridized carbons (Fsp3) is 0.154. The number of amides is 2. The maximum Gasteiger partial charge on any atom is 0.416 e. The van der Waals surface area contributed by atoms with Gasteiger partial charge in [0.25, 0.3) is 11.1 Å². The van der Waals surface area contributed by atoms with E-state index in [1.807, 2.05) is 12.1 Å². The van der Waals surface area contributed by atoms with Gasteiger partial charge >= 0.3 is 11.9 Å². The van der Waals surface area contributed by atoms with Crippen molar-refractivity contribution < 1.29 is 37.2 Å². The van der Waals surface area contributed by atoms with Gasteiger partial charge in [0, 0.05) is 10.5 Å². The Morgan fingerprint density at radius 2 is 1.72 bits per heavy atom. The molecule has 39 heavy (non-hydrogen) atoms. The van der Waals surface area contributed by atoms with Gasteiger partial charge in [-0.05, 0) is 72.3 Å². The SMILES string of the molecule is CCOc1cc(/C=C2\SC(=O)N(Cc3ccc(Br)cc3)C2=O)ccc1Oc1ccc(C(F)(F)F)cc1[N+](=O)[O-]. The van der Waals surface area contributed by atoms with Crippen LogP contribution in [0.15, 0.2) is 70.0 Å². The number of hydrogen-bond acceptors (Lipinski definition) is 7. The van der Waals surface area contributed by atoms with Gasteiger partial charge in [0.2, 0.25) is 5.75 Å². The summed E-state index contributed by atoms with van der Waals surface area (Å²) in [5.41, 5.74) is -0.798. The Bertz CT molecular complexity index is 1480. The topological polar surface area (TPSA) is 99.0 Å². The van der Waals surface area contributed by atoms with Crippen molar-refractivity contribution in [3.8, 4) is 17.2 Å². The summed E-state index contributed by atoms with van der Waals surface area (Å²) in [6.45, 7) is 1.97. The number of carbonyl (C=O) groups is 2. The van der Waals surface area contributed by atoms with Crippen molar-refractivity contribution in [2.75, 3.05) is 6.61 Å². The first-order valence-electron chi connectivity index (χ1n) is 11.3. The van der Waals surface area contributed by atoms with Crippen LogP contribution in [0.3, 0.4) is 0 Å². The van der Waals surface area contributed by atoms with Gasteiger partial charge in [-0.2, -0.15) is 13.2 Å². The third-order valence-corrected chi connectivity index (χ3v) is 6.83. The largest absolute Gasteiger partial charge is 0.490 e. The molecule has 0 aromatic heterocycles. The molecule has 3 aromatic rings. The molecule has 3 aromatic carbocycles. The highest BCUT2D eigenvalue weighted by Gasteiger charge is 2.35. The second kappa shape index (κ2) is 11.5. The number of thioether (sulfide) groups is 1. The van der Waals surface area contributed by atoms with Crippen molar-refractivity contribution in [3.05, 3.63) is 96.8 Å². The highest BCUT2D eigenvalue weighted by atomic mass is 79.9. The third-order valence-electron chi connectivity index (χ3n) is 5.40. The Hall–Kier alpha value is -3.84. The fourth-order valence-corrected chi connectivity index (χ4v) is 4.67. The minimum atomic E-state index is -4.76. The number of rotatable bonds is 8. The summed E-state index contributed by atoms with van der Waals surface area (Å²) in [6, 6.07) is 13.6. The van der Waals surface area contributed by atoms with Crippen LogP contribution in [0.4, 0.5) is 23.7 Å². The molecule has 2 amide bonds. The maximum atomic E-state index is 13.0. The number of benzene rings is 3. The summed E-state index contributed by atoms with van der Waals surface area (Å²) < 4.78 is 51.1. The Labute approximate surface area is 232 Å². The molecule has 1 aliphatic rings. The summed E-state index contributed by atoms with van der Waals surface area (Å²) in [5, 5.41) is 11.0. The number of nitro benzene ring substituents is 1. The molecular formula is C26H18BrF3N2O6S. The van der Waals surface area contributed by atoms with Crippen LogP contribution in [0.25, 0.3) is 6.08 Å². The van der Waals surface area contributed by atoms with E-state index in [-0.39, 0.29) is 29.6 Å². The predicted octanol–water partition coefficient (Wildman–Crippen LogP) is 7.80. The van der Waals surface area contributed by atoms with Crippen LogP contribution in [-0.4, -0.2) is 27.6 Å². The Morgan fingerprint density at radius 1 is 1.03 bits per heavy atom. The lowest BCUT2D eigenvalue weighted by Crippen LogP contribution is -2.27. The Kier molecular flexibility index (Phi) is 8.31. The van der Waals surface area contributed by atoms with Gasteiger partial charge in [0.15, 0.2) is 11.5 Å². The fourth-order valence-electron chi connectivity index (χ4n) is 3.57. The average Bonchev–Trinajstić information content (AvgIpc) is 3.13. The Morgan fingerprint density at radius 3 is 2.36 bits per heavy atom. The summed E-state index contributed by atoms with van der Waals surface area (Å²) in [6.07, 6.45) is -3.26. The number of alkyl halides is 3. The lowest BCUT2D eigenvalue weighted by atomic mass is 10.1. The molecule has 4 rings (SSSR count). The lowest BCUT2D eigenvalue weighted by Gasteiger charge is -2.14. The number of ether oxygens (including phenoxy) is 2. The molecule has 13 heteroatoms. The second-order valence-electron chi connectivity index (χ2n) is 8.07. The van der Waals surface area contributed by atoms with Crippen LogP contribution in [0.5, 0.6) is 17.2 Å². The standard InChI is InChI=1S/C26H18BrF3N2O6S/c1-2-37-22-11-16(12-23-24(33)31(25(34)39-23)14-15-3-7-18(27)8-4-15)5-9-21(22)38-20-10-6-17(26(28,29)30)13-19(20)32(35)36/h3-13H,2,14H2,1H3/b23-12-. The van der Waals surface area contributed by atoms with E-state index >= 15 is 0 Å². The minimum Gasteiger partial charge on any atom is -0.490 e. The quantitative estimate of drug-likeness (QED) is 0.143. The highest BCUT2D eigenvalue weighted by Crippen LogP contribution is 2.41. The normalized spacial score (nSPS) is 14.7. The molecule has 1 fully saturated rings. The lowest BCUT2D eigenvalue weighted by molar-refractivity contribution is -0.385. The molecule has 0 spiro atoms. The molecule has 8 nitrogen and oxygen atoms in total. The molecule has 1 aliphatic heterocycles. The average molecular weight is 623 g/mol. The van der Waals surface area contributed by atoms with Crippen molar-refractivity contribution in [1.29, 1.82) is 0 Å². The molecule has 0 N–H and O–H groups in total. The Balaban J connectivity index is 1.59. The van der Waals surface area contributed by atoms with E-state index in [4.69, 9.17) is 9.47 Å². The van der Waals surface area contributed by atoms with E-state index in [1.165, 1.54) is 24.3 Å². The van der Waals surface area contributed by atoms with Gasteiger partial charge < -0.3 is 9.47 Å². The van der Waals surface area contributed by atoms with Gasteiger partial charge in [-0.25, -0.2) is 0 Å². The van der Waals surface area contributed by atoms with E-state index in [1.54, 1.807) is 19.1 Å². The summed E-state index contributed by atoms with van der Waals surface area (Å²) >= 11 is 4.12. The number of nitro groups is 1. The van der Waals surface area contributed by atoms with E-state index < -0.39 is 39.2 Å². The smallest absolute Gasteiger partial charge is 0.416 e. The van der Waals surface area contributed by atoms with Gasteiger partial charge in [0.1, 0.15) is 0 Å². The maximum absolute atomic E-state index is 13.0. The number of imide groups is 1. The molecule has 0 aliphatic carbocycles. The summed E-state index contributed by atoms with van der Waals surface area (Å²) in [5.74, 6) is -0.725. The van der Waals surface area contributed by atoms with Crippen molar-refractivity contribution in [2.24, 2.45) is 0 Å². The zero-order chi connectivity index (χ0) is 28.3.